The van der Waals surface area contributed by atoms with Crippen molar-refractivity contribution >= 4 is 0 Å². The van der Waals surface area contributed by atoms with Crippen molar-refractivity contribution in [1.29, 1.82) is 0 Å². The number of aromatic nitrogens is 3. The largest absolute Gasteiger partial charge is 0.490 e. The zero-order valence-corrected chi connectivity index (χ0v) is 14.3. The first-order valence-electron chi connectivity index (χ1n) is 8.23. The van der Waals surface area contributed by atoms with Crippen molar-refractivity contribution in [1.82, 2.24) is 20.1 Å². The highest BCUT2D eigenvalue weighted by molar-refractivity contribution is 5.21. The molecule has 0 radical (unpaired) electrons. The lowest BCUT2D eigenvalue weighted by molar-refractivity contribution is 0.212. The molecule has 6 heteroatoms. The van der Waals surface area contributed by atoms with Crippen molar-refractivity contribution in [2.24, 2.45) is 7.05 Å². The van der Waals surface area contributed by atoms with Crippen LogP contribution in [0.25, 0.3) is 0 Å². The number of aryl methyl sites for hydroxylation is 1. The number of hydrogen-bond acceptors (Lipinski definition) is 5. The number of pyridine rings is 1. The molecule has 130 valence electrons. The fourth-order valence-electron chi connectivity index (χ4n) is 2.34. The zero-order valence-electron chi connectivity index (χ0n) is 14.3. The third-order valence-corrected chi connectivity index (χ3v) is 3.56. The first-order valence-corrected chi connectivity index (χ1v) is 8.23. The summed E-state index contributed by atoms with van der Waals surface area (Å²) in [7, 11) is 1.91. The molecule has 1 N–H and O–H groups in total. The Morgan fingerprint density at radius 1 is 0.920 bits per heavy atom. The molecule has 25 heavy (non-hydrogen) atoms. The molecule has 0 saturated heterocycles. The topological polar surface area (TPSA) is 61.2 Å². The van der Waals surface area contributed by atoms with E-state index in [0.717, 1.165) is 30.0 Å². The molecule has 3 aromatic rings. The highest BCUT2D eigenvalue weighted by Crippen LogP contribution is 2.10. The molecule has 0 saturated carbocycles. The Kier molecular flexibility index (Phi) is 6.01. The van der Waals surface area contributed by atoms with E-state index in [2.05, 4.69) is 15.4 Å². The summed E-state index contributed by atoms with van der Waals surface area (Å²) in [6.45, 7) is 2.48. The van der Waals surface area contributed by atoms with Crippen molar-refractivity contribution in [2.75, 3.05) is 13.2 Å². The highest BCUT2D eigenvalue weighted by atomic mass is 16.5. The van der Waals surface area contributed by atoms with Crippen LogP contribution in [0.3, 0.4) is 0 Å². The van der Waals surface area contributed by atoms with E-state index in [-0.39, 0.29) is 0 Å². The van der Waals surface area contributed by atoms with Crippen LogP contribution in [0.15, 0.2) is 61.1 Å². The van der Waals surface area contributed by atoms with E-state index in [9.17, 15) is 0 Å². The molecule has 2 aromatic heterocycles. The molecule has 0 unspecified atom stereocenters. The van der Waals surface area contributed by atoms with E-state index in [1.807, 2.05) is 68.1 Å². The normalized spacial score (nSPS) is 10.6. The fourth-order valence-corrected chi connectivity index (χ4v) is 2.34. The molecule has 0 aliphatic rings. The van der Waals surface area contributed by atoms with Crippen LogP contribution in [0.1, 0.15) is 11.1 Å². The van der Waals surface area contributed by atoms with Gasteiger partial charge in [0.1, 0.15) is 19.0 Å². The quantitative estimate of drug-likeness (QED) is 0.608. The van der Waals surface area contributed by atoms with Gasteiger partial charge in [0.2, 0.25) is 5.88 Å². The van der Waals surface area contributed by atoms with Gasteiger partial charge in [0.05, 0.1) is 6.20 Å². The SMILES string of the molecule is Cn1cc(CNCc2ccc(OCCOc3ccccc3)nc2)cn1. The summed E-state index contributed by atoms with van der Waals surface area (Å²) in [5.41, 5.74) is 2.27. The highest BCUT2D eigenvalue weighted by Gasteiger charge is 2.00. The molecule has 1 aromatic carbocycles. The van der Waals surface area contributed by atoms with Crippen LogP contribution in [0.5, 0.6) is 11.6 Å². The zero-order chi connectivity index (χ0) is 17.3. The summed E-state index contributed by atoms with van der Waals surface area (Å²) in [4.78, 5) is 4.32. The second kappa shape index (κ2) is 8.84. The molecule has 0 aliphatic heterocycles. The lowest BCUT2D eigenvalue weighted by atomic mass is 10.2. The lowest BCUT2D eigenvalue weighted by Crippen LogP contribution is -2.13. The second-order valence-corrected chi connectivity index (χ2v) is 5.64. The van der Waals surface area contributed by atoms with Gasteiger partial charge in [-0.15, -0.1) is 0 Å². The second-order valence-electron chi connectivity index (χ2n) is 5.64. The molecule has 0 amide bonds. The molecule has 2 heterocycles. The van der Waals surface area contributed by atoms with Crippen LogP contribution in [0.2, 0.25) is 0 Å². The summed E-state index contributed by atoms with van der Waals surface area (Å²) < 4.78 is 13.0. The Morgan fingerprint density at radius 2 is 1.72 bits per heavy atom. The first kappa shape index (κ1) is 17.0. The van der Waals surface area contributed by atoms with Gasteiger partial charge in [0.25, 0.3) is 0 Å². The number of benzene rings is 1. The van der Waals surface area contributed by atoms with Crippen molar-refractivity contribution in [2.45, 2.75) is 13.1 Å². The number of para-hydroxylation sites is 1. The van der Waals surface area contributed by atoms with Crippen molar-refractivity contribution in [3.8, 4) is 11.6 Å². The average molecular weight is 338 g/mol. The van der Waals surface area contributed by atoms with Crippen LogP contribution in [0.4, 0.5) is 0 Å². The molecule has 0 bridgehead atoms. The lowest BCUT2D eigenvalue weighted by Gasteiger charge is -2.08. The van der Waals surface area contributed by atoms with Gasteiger partial charge in [-0.05, 0) is 17.7 Å². The van der Waals surface area contributed by atoms with Gasteiger partial charge < -0.3 is 14.8 Å². The number of hydrogen-bond donors (Lipinski definition) is 1. The molecule has 0 spiro atoms. The van der Waals surface area contributed by atoms with Gasteiger partial charge in [-0.2, -0.15) is 5.10 Å². The molecule has 6 nitrogen and oxygen atoms in total. The summed E-state index contributed by atoms with van der Waals surface area (Å²) in [6, 6.07) is 13.6. The third-order valence-electron chi connectivity index (χ3n) is 3.56. The van der Waals surface area contributed by atoms with E-state index < -0.39 is 0 Å². The van der Waals surface area contributed by atoms with E-state index in [1.165, 1.54) is 0 Å². The predicted octanol–water partition coefficient (Wildman–Crippen LogP) is 2.56. The Bertz CT molecular complexity index is 757. The van der Waals surface area contributed by atoms with E-state index in [4.69, 9.17) is 9.47 Å². The molecule has 0 fully saturated rings. The molecular formula is C19H22N4O2. The maximum atomic E-state index is 5.59. The minimum atomic E-state index is 0.459. The monoisotopic (exact) mass is 338 g/mol. The van der Waals surface area contributed by atoms with Crippen molar-refractivity contribution in [3.63, 3.8) is 0 Å². The minimum absolute atomic E-state index is 0.459. The number of nitrogens with one attached hydrogen (secondary N) is 1. The third kappa shape index (κ3) is 5.61. The maximum Gasteiger partial charge on any atom is 0.213 e. The average Bonchev–Trinajstić information content (AvgIpc) is 3.06. The number of rotatable bonds is 9. The molecule has 0 aliphatic carbocycles. The van der Waals surface area contributed by atoms with Crippen molar-refractivity contribution < 1.29 is 9.47 Å². The van der Waals surface area contributed by atoms with E-state index >= 15 is 0 Å². The summed E-state index contributed by atoms with van der Waals surface area (Å²) in [5, 5.41) is 7.51. The van der Waals surface area contributed by atoms with Crippen LogP contribution in [-0.2, 0) is 20.1 Å². The summed E-state index contributed by atoms with van der Waals surface area (Å²) in [5.74, 6) is 1.45. The Balaban J connectivity index is 1.35. The number of ether oxygens (including phenoxy) is 2. The van der Waals surface area contributed by atoms with Gasteiger partial charge in [0.15, 0.2) is 0 Å². The molecule has 0 atom stereocenters. The number of nitrogens with zero attached hydrogens (tertiary/aromatic N) is 3. The summed E-state index contributed by atoms with van der Waals surface area (Å²) in [6.07, 6.45) is 5.68. The molecular weight excluding hydrogens is 316 g/mol. The predicted molar refractivity (Wildman–Crippen MR) is 95.4 cm³/mol. The molecule has 3 rings (SSSR count). The van der Waals surface area contributed by atoms with Gasteiger partial charge in [-0.1, -0.05) is 24.3 Å². The van der Waals surface area contributed by atoms with E-state index in [0.29, 0.717) is 19.1 Å². The Hall–Kier alpha value is -2.86. The maximum absolute atomic E-state index is 5.59. The summed E-state index contributed by atoms with van der Waals surface area (Å²) >= 11 is 0. The van der Waals surface area contributed by atoms with Crippen molar-refractivity contribution in [3.05, 3.63) is 72.2 Å². The Labute approximate surface area is 147 Å². The van der Waals surface area contributed by atoms with E-state index in [1.54, 1.807) is 4.68 Å². The standard InChI is InChI=1S/C19H22N4O2/c1-23-15-17(14-22-23)12-20-11-16-7-8-19(21-13-16)25-10-9-24-18-5-3-2-4-6-18/h2-8,13-15,20H,9-12H2,1H3. The fraction of sp³-hybridized carbons (Fsp3) is 0.263. The van der Waals surface area contributed by atoms with Gasteiger partial charge in [-0.3, -0.25) is 4.68 Å². The van der Waals surface area contributed by atoms with Crippen LogP contribution >= 0.6 is 0 Å². The van der Waals surface area contributed by atoms with Crippen LogP contribution in [-0.4, -0.2) is 28.0 Å². The van der Waals surface area contributed by atoms with Crippen LogP contribution < -0.4 is 14.8 Å². The smallest absolute Gasteiger partial charge is 0.213 e. The van der Waals surface area contributed by atoms with Crippen LogP contribution in [0, 0.1) is 0 Å². The minimum Gasteiger partial charge on any atom is -0.490 e. The Morgan fingerprint density at radius 3 is 2.44 bits per heavy atom. The first-order chi connectivity index (χ1) is 12.3. The van der Waals surface area contributed by atoms with Gasteiger partial charge in [0, 0.05) is 44.2 Å². The van der Waals surface area contributed by atoms with Gasteiger partial charge in [-0.25, -0.2) is 4.98 Å². The van der Waals surface area contributed by atoms with Gasteiger partial charge >= 0.3 is 0 Å².